The third-order valence-electron chi connectivity index (χ3n) is 0.711. The molecule has 0 radical (unpaired) electrons. The summed E-state index contributed by atoms with van der Waals surface area (Å²) < 4.78 is 0. The molecule has 8 heavy (non-hydrogen) atoms. The third kappa shape index (κ3) is 3.33. The average molecular weight is 115 g/mol. The molecule has 0 saturated heterocycles. The van der Waals surface area contributed by atoms with Crippen molar-refractivity contribution >= 4 is 12.5 Å². The first-order chi connectivity index (χ1) is 3.81. The zero-order valence-corrected chi connectivity index (χ0v) is 4.89. The summed E-state index contributed by atoms with van der Waals surface area (Å²) in [6.45, 7) is 4.87. The van der Waals surface area contributed by atoms with Crippen molar-refractivity contribution in [2.75, 3.05) is 6.61 Å². The van der Waals surface area contributed by atoms with Gasteiger partial charge >= 0.3 is 0 Å². The van der Waals surface area contributed by atoms with E-state index in [-0.39, 0.29) is 12.4 Å². The molecule has 0 aliphatic heterocycles. The van der Waals surface area contributed by atoms with Gasteiger partial charge in [0.15, 0.2) is 12.4 Å². The van der Waals surface area contributed by atoms with Crippen molar-refractivity contribution in [3.05, 3.63) is 0 Å². The number of carbonyl (C=O) groups excluding carboxylic acids is 1. The van der Waals surface area contributed by atoms with E-state index in [0.717, 1.165) is 0 Å². The molecule has 0 atom stereocenters. The second-order valence-electron chi connectivity index (χ2n) is 1.29. The summed E-state index contributed by atoms with van der Waals surface area (Å²) in [5.41, 5.74) is 0. The molecule has 0 spiro atoms. The highest BCUT2D eigenvalue weighted by Crippen LogP contribution is 1.81. The molecule has 0 bridgehead atoms. The Morgan fingerprint density at radius 2 is 2.50 bits per heavy atom. The van der Waals surface area contributed by atoms with Crippen LogP contribution in [0.4, 0.5) is 0 Å². The molecule has 0 amide bonds. The SMILES string of the molecule is C=NOCC(=O)CC. The quantitative estimate of drug-likeness (QED) is 0.397. The summed E-state index contributed by atoms with van der Waals surface area (Å²) in [4.78, 5) is 14.7. The number of carbonyl (C=O) groups is 1. The average Bonchev–Trinajstić information content (AvgIpc) is 1.83. The van der Waals surface area contributed by atoms with Gasteiger partial charge in [-0.1, -0.05) is 6.92 Å². The van der Waals surface area contributed by atoms with Crippen molar-refractivity contribution in [2.45, 2.75) is 13.3 Å². The molecule has 0 fully saturated rings. The van der Waals surface area contributed by atoms with Gasteiger partial charge in [0.1, 0.15) is 0 Å². The molecule has 0 N–H and O–H groups in total. The monoisotopic (exact) mass is 115 g/mol. The van der Waals surface area contributed by atoms with E-state index in [1.165, 1.54) is 0 Å². The smallest absolute Gasteiger partial charge is 0.175 e. The molecule has 0 aromatic rings. The van der Waals surface area contributed by atoms with Gasteiger partial charge in [-0.3, -0.25) is 4.79 Å². The van der Waals surface area contributed by atoms with E-state index in [1.54, 1.807) is 6.92 Å². The van der Waals surface area contributed by atoms with Crippen LogP contribution in [0.5, 0.6) is 0 Å². The predicted octanol–water partition coefficient (Wildman–Crippen LogP) is 0.598. The maximum Gasteiger partial charge on any atom is 0.175 e. The highest BCUT2D eigenvalue weighted by molar-refractivity contribution is 5.79. The van der Waals surface area contributed by atoms with E-state index in [4.69, 9.17) is 0 Å². The summed E-state index contributed by atoms with van der Waals surface area (Å²) in [5, 5.41) is 3.05. The Morgan fingerprint density at radius 1 is 1.88 bits per heavy atom. The lowest BCUT2D eigenvalue weighted by Crippen LogP contribution is -2.02. The van der Waals surface area contributed by atoms with Crippen LogP contribution in [-0.4, -0.2) is 19.1 Å². The molecule has 3 heteroatoms. The van der Waals surface area contributed by atoms with Crippen molar-refractivity contribution in [2.24, 2.45) is 5.16 Å². The van der Waals surface area contributed by atoms with Crippen LogP contribution in [0.15, 0.2) is 5.16 Å². The van der Waals surface area contributed by atoms with Gasteiger partial charge in [-0.05, 0) is 0 Å². The summed E-state index contributed by atoms with van der Waals surface area (Å²) in [6.07, 6.45) is 0.496. The van der Waals surface area contributed by atoms with Crippen LogP contribution in [0.1, 0.15) is 13.3 Å². The van der Waals surface area contributed by atoms with Crippen molar-refractivity contribution in [1.29, 1.82) is 0 Å². The minimum atomic E-state index is 0.0393. The Hall–Kier alpha value is -0.860. The first-order valence-corrected chi connectivity index (χ1v) is 2.41. The molecule has 0 aromatic heterocycles. The summed E-state index contributed by atoms with van der Waals surface area (Å²) in [5.74, 6) is 0.0393. The highest BCUT2D eigenvalue weighted by Gasteiger charge is 1.94. The second-order valence-corrected chi connectivity index (χ2v) is 1.29. The predicted molar refractivity (Wildman–Crippen MR) is 30.8 cm³/mol. The lowest BCUT2D eigenvalue weighted by molar-refractivity contribution is -0.123. The van der Waals surface area contributed by atoms with Crippen LogP contribution in [0.25, 0.3) is 0 Å². The minimum Gasteiger partial charge on any atom is -0.388 e. The van der Waals surface area contributed by atoms with Gasteiger partial charge in [-0.2, -0.15) is 0 Å². The molecule has 46 valence electrons. The van der Waals surface area contributed by atoms with Gasteiger partial charge in [0, 0.05) is 13.1 Å². The van der Waals surface area contributed by atoms with Crippen LogP contribution >= 0.6 is 0 Å². The topological polar surface area (TPSA) is 38.7 Å². The minimum absolute atomic E-state index is 0.0393. The fourth-order valence-electron chi connectivity index (χ4n) is 0.220. The number of oxime groups is 1. The molecule has 0 saturated carbocycles. The molecule has 0 unspecified atom stereocenters. The normalized spacial score (nSPS) is 8.12. The van der Waals surface area contributed by atoms with E-state index in [0.29, 0.717) is 6.42 Å². The Bertz CT molecular complexity index is 90.4. The standard InChI is InChI=1S/C5H9NO2/c1-3-5(7)4-8-6-2/h2-4H2,1H3. The van der Waals surface area contributed by atoms with E-state index < -0.39 is 0 Å². The van der Waals surface area contributed by atoms with Crippen LogP contribution in [0.3, 0.4) is 0 Å². The first-order valence-electron chi connectivity index (χ1n) is 2.41. The fraction of sp³-hybridized carbons (Fsp3) is 0.600. The lowest BCUT2D eigenvalue weighted by atomic mass is 10.3. The third-order valence-corrected chi connectivity index (χ3v) is 0.711. The van der Waals surface area contributed by atoms with E-state index in [1.807, 2.05) is 0 Å². The molecular weight excluding hydrogens is 106 g/mol. The van der Waals surface area contributed by atoms with Gasteiger partial charge in [-0.25, -0.2) is 0 Å². The lowest BCUT2D eigenvalue weighted by Gasteiger charge is -1.91. The van der Waals surface area contributed by atoms with E-state index in [2.05, 4.69) is 16.7 Å². The van der Waals surface area contributed by atoms with Gasteiger partial charge in [0.2, 0.25) is 0 Å². The molecule has 0 aliphatic carbocycles. The van der Waals surface area contributed by atoms with E-state index in [9.17, 15) is 4.79 Å². The number of hydrogen-bond acceptors (Lipinski definition) is 3. The Balaban J connectivity index is 3.11. The summed E-state index contributed by atoms with van der Waals surface area (Å²) in [6, 6.07) is 0. The van der Waals surface area contributed by atoms with Crippen molar-refractivity contribution in [1.82, 2.24) is 0 Å². The van der Waals surface area contributed by atoms with Gasteiger partial charge in [0.25, 0.3) is 0 Å². The maximum absolute atomic E-state index is 10.4. The first kappa shape index (κ1) is 7.14. The second kappa shape index (κ2) is 4.30. The van der Waals surface area contributed by atoms with E-state index >= 15 is 0 Å². The van der Waals surface area contributed by atoms with Gasteiger partial charge in [-0.15, -0.1) is 5.16 Å². The fourth-order valence-corrected chi connectivity index (χ4v) is 0.220. The molecule has 0 heterocycles. The number of ketones is 1. The molecular formula is C5H9NO2. The van der Waals surface area contributed by atoms with Crippen LogP contribution < -0.4 is 0 Å². The number of nitrogens with zero attached hydrogens (tertiary/aromatic N) is 1. The Kier molecular flexibility index (Phi) is 3.84. The molecule has 0 aromatic carbocycles. The summed E-state index contributed by atoms with van der Waals surface area (Å²) in [7, 11) is 0. The van der Waals surface area contributed by atoms with Crippen LogP contribution in [0, 0.1) is 0 Å². The van der Waals surface area contributed by atoms with Crippen molar-refractivity contribution in [3.8, 4) is 0 Å². The largest absolute Gasteiger partial charge is 0.388 e. The van der Waals surface area contributed by atoms with Crippen LogP contribution in [-0.2, 0) is 9.63 Å². The zero-order chi connectivity index (χ0) is 6.41. The number of hydrogen-bond donors (Lipinski definition) is 0. The molecule has 3 nitrogen and oxygen atoms in total. The molecule has 0 aliphatic rings. The van der Waals surface area contributed by atoms with Gasteiger partial charge in [0.05, 0.1) is 0 Å². The zero-order valence-electron chi connectivity index (χ0n) is 4.89. The highest BCUT2D eigenvalue weighted by atomic mass is 16.6. The summed E-state index contributed by atoms with van der Waals surface area (Å²) >= 11 is 0. The molecule has 0 rings (SSSR count). The van der Waals surface area contributed by atoms with Crippen molar-refractivity contribution < 1.29 is 9.63 Å². The van der Waals surface area contributed by atoms with Crippen LogP contribution in [0.2, 0.25) is 0 Å². The number of rotatable bonds is 4. The maximum atomic E-state index is 10.4. The Labute approximate surface area is 48.3 Å². The van der Waals surface area contributed by atoms with Crippen molar-refractivity contribution in [3.63, 3.8) is 0 Å². The van der Waals surface area contributed by atoms with Gasteiger partial charge < -0.3 is 4.84 Å². The number of Topliss-reactive ketones (excluding diaryl/α,β-unsaturated/α-hetero) is 1. The Morgan fingerprint density at radius 3 is 2.88 bits per heavy atom.